The Balaban J connectivity index is 2.04. The number of nitrogens with zero attached hydrogens (tertiary/aromatic N) is 3. The quantitative estimate of drug-likeness (QED) is 0.789. The summed E-state index contributed by atoms with van der Waals surface area (Å²) >= 11 is 0. The van der Waals surface area contributed by atoms with Gasteiger partial charge in [-0.2, -0.15) is 0 Å². The van der Waals surface area contributed by atoms with E-state index in [1.807, 2.05) is 0 Å². The zero-order chi connectivity index (χ0) is 14.8. The van der Waals surface area contributed by atoms with Gasteiger partial charge in [0.05, 0.1) is 11.9 Å². The maximum absolute atomic E-state index is 13.5. The summed E-state index contributed by atoms with van der Waals surface area (Å²) in [7, 11) is 0. The van der Waals surface area contributed by atoms with Crippen LogP contribution in [-0.4, -0.2) is 15.0 Å². The molecular weight excluding hydrogens is 271 g/mol. The highest BCUT2D eigenvalue weighted by Crippen LogP contribution is 2.10. The summed E-state index contributed by atoms with van der Waals surface area (Å²) in [6.45, 7) is 0.393. The first-order valence-corrected chi connectivity index (χ1v) is 6.48. The van der Waals surface area contributed by atoms with Crippen LogP contribution in [0.5, 0.6) is 0 Å². The summed E-state index contributed by atoms with van der Waals surface area (Å²) < 4.78 is 14.7. The first-order chi connectivity index (χ1) is 10.2. The molecule has 106 valence electrons. The van der Waals surface area contributed by atoms with Crippen LogP contribution in [0.15, 0.2) is 47.3 Å². The van der Waals surface area contributed by atoms with Crippen LogP contribution >= 0.6 is 0 Å². The molecule has 6 heteroatoms. The molecule has 0 aliphatic heterocycles. The van der Waals surface area contributed by atoms with E-state index in [0.29, 0.717) is 22.0 Å². The molecule has 0 unspecified atom stereocenters. The molecule has 0 spiro atoms. The fourth-order valence-corrected chi connectivity index (χ4v) is 2.23. The van der Waals surface area contributed by atoms with Crippen LogP contribution in [0.2, 0.25) is 0 Å². The van der Waals surface area contributed by atoms with Crippen molar-refractivity contribution < 1.29 is 4.39 Å². The minimum absolute atomic E-state index is 0.154. The Morgan fingerprint density at radius 2 is 1.90 bits per heavy atom. The third kappa shape index (κ3) is 2.66. The van der Waals surface area contributed by atoms with Crippen molar-refractivity contribution in [3.63, 3.8) is 0 Å². The molecule has 2 N–H and O–H groups in total. The van der Waals surface area contributed by atoms with E-state index in [1.54, 1.807) is 30.3 Å². The summed E-state index contributed by atoms with van der Waals surface area (Å²) in [5, 5.41) is 8.37. The predicted octanol–water partition coefficient (Wildman–Crippen LogP) is 1.44. The topological polar surface area (TPSA) is 73.8 Å². The molecule has 3 aromatic rings. The molecular formula is C15H13FN4O. The Morgan fingerprint density at radius 1 is 1.14 bits per heavy atom. The second-order valence-electron chi connectivity index (χ2n) is 4.74. The number of halogens is 1. The van der Waals surface area contributed by atoms with Crippen LogP contribution in [0, 0.1) is 5.82 Å². The third-order valence-corrected chi connectivity index (χ3v) is 3.21. The molecule has 0 atom stereocenters. The lowest BCUT2D eigenvalue weighted by atomic mass is 10.1. The molecule has 1 aromatic heterocycles. The fraction of sp³-hybridized carbons (Fsp3) is 0.133. The van der Waals surface area contributed by atoms with Crippen molar-refractivity contribution in [1.29, 1.82) is 0 Å². The maximum Gasteiger partial charge on any atom is 0.277 e. The summed E-state index contributed by atoms with van der Waals surface area (Å²) in [4.78, 5) is 12.3. The minimum Gasteiger partial charge on any atom is -0.326 e. The molecule has 1 heterocycles. The molecule has 0 aliphatic rings. The van der Waals surface area contributed by atoms with Gasteiger partial charge in [0.25, 0.3) is 5.56 Å². The van der Waals surface area contributed by atoms with E-state index in [9.17, 15) is 9.18 Å². The van der Waals surface area contributed by atoms with Gasteiger partial charge in [-0.3, -0.25) is 4.79 Å². The average Bonchev–Trinajstić information content (AvgIpc) is 2.50. The molecule has 0 amide bonds. The Hall–Kier alpha value is -2.60. The molecule has 0 fully saturated rings. The maximum atomic E-state index is 13.5. The minimum atomic E-state index is -0.380. The van der Waals surface area contributed by atoms with E-state index < -0.39 is 0 Å². The molecule has 2 aromatic carbocycles. The normalized spacial score (nSPS) is 11.0. The number of nitrogens with two attached hydrogens (primary N) is 1. The van der Waals surface area contributed by atoms with Gasteiger partial charge in [0.15, 0.2) is 0 Å². The Kier molecular flexibility index (Phi) is 3.45. The SMILES string of the molecule is NCc1cc(F)cc(Cn2nnc3ccccc3c2=O)c1. The molecule has 21 heavy (non-hydrogen) atoms. The van der Waals surface area contributed by atoms with Crippen LogP contribution in [0.3, 0.4) is 0 Å². The van der Waals surface area contributed by atoms with Gasteiger partial charge in [-0.15, -0.1) is 5.10 Å². The van der Waals surface area contributed by atoms with Crippen molar-refractivity contribution in [3.8, 4) is 0 Å². The average molecular weight is 284 g/mol. The number of fused-ring (bicyclic) bond motifs is 1. The van der Waals surface area contributed by atoms with E-state index >= 15 is 0 Å². The number of hydrogen-bond acceptors (Lipinski definition) is 4. The van der Waals surface area contributed by atoms with Crippen molar-refractivity contribution in [2.75, 3.05) is 0 Å². The molecule has 3 rings (SSSR count). The number of aromatic nitrogens is 3. The van der Waals surface area contributed by atoms with Crippen LogP contribution in [0.4, 0.5) is 4.39 Å². The summed E-state index contributed by atoms with van der Waals surface area (Å²) in [6.07, 6.45) is 0. The first-order valence-electron chi connectivity index (χ1n) is 6.48. The van der Waals surface area contributed by atoms with Crippen LogP contribution < -0.4 is 11.3 Å². The lowest BCUT2D eigenvalue weighted by Gasteiger charge is -2.07. The zero-order valence-corrected chi connectivity index (χ0v) is 11.2. The molecule has 0 aliphatic carbocycles. The Morgan fingerprint density at radius 3 is 2.71 bits per heavy atom. The van der Waals surface area contributed by atoms with Gasteiger partial charge in [-0.1, -0.05) is 23.4 Å². The standard InChI is InChI=1S/C15H13FN4O/c16-12-6-10(8-17)5-11(7-12)9-20-15(21)13-3-1-2-4-14(13)18-19-20/h1-7H,8-9,17H2. The van der Waals surface area contributed by atoms with Crippen LogP contribution in [0.1, 0.15) is 11.1 Å². The van der Waals surface area contributed by atoms with Crippen LogP contribution in [0.25, 0.3) is 10.9 Å². The van der Waals surface area contributed by atoms with E-state index in [4.69, 9.17) is 5.73 Å². The highest BCUT2D eigenvalue weighted by Gasteiger charge is 2.07. The van der Waals surface area contributed by atoms with Crippen molar-refractivity contribution in [1.82, 2.24) is 15.0 Å². The smallest absolute Gasteiger partial charge is 0.277 e. The molecule has 0 bridgehead atoms. The Labute approximate surface area is 119 Å². The van der Waals surface area contributed by atoms with E-state index in [0.717, 1.165) is 0 Å². The fourth-order valence-electron chi connectivity index (χ4n) is 2.23. The van der Waals surface area contributed by atoms with E-state index in [2.05, 4.69) is 10.3 Å². The molecule has 5 nitrogen and oxygen atoms in total. The molecule has 0 saturated heterocycles. The summed E-state index contributed by atoms with van der Waals surface area (Å²) in [6, 6.07) is 11.5. The first kappa shape index (κ1) is 13.4. The van der Waals surface area contributed by atoms with Gasteiger partial charge in [0.1, 0.15) is 11.3 Å². The highest BCUT2D eigenvalue weighted by molar-refractivity contribution is 5.76. The van der Waals surface area contributed by atoms with Crippen molar-refractivity contribution in [2.45, 2.75) is 13.1 Å². The second-order valence-corrected chi connectivity index (χ2v) is 4.74. The molecule has 0 radical (unpaired) electrons. The summed E-state index contributed by atoms with van der Waals surface area (Å²) in [5.74, 6) is -0.380. The predicted molar refractivity (Wildman–Crippen MR) is 77.2 cm³/mol. The number of rotatable bonds is 3. The van der Waals surface area contributed by atoms with Gasteiger partial charge >= 0.3 is 0 Å². The number of hydrogen-bond donors (Lipinski definition) is 1. The molecule has 0 saturated carbocycles. The van der Waals surface area contributed by atoms with Crippen molar-refractivity contribution in [3.05, 3.63) is 69.8 Å². The second kappa shape index (κ2) is 5.41. The van der Waals surface area contributed by atoms with Gasteiger partial charge in [0, 0.05) is 6.54 Å². The van der Waals surface area contributed by atoms with Gasteiger partial charge < -0.3 is 5.73 Å². The van der Waals surface area contributed by atoms with Gasteiger partial charge in [0.2, 0.25) is 0 Å². The van der Waals surface area contributed by atoms with Crippen molar-refractivity contribution >= 4 is 10.9 Å². The van der Waals surface area contributed by atoms with E-state index in [1.165, 1.54) is 16.8 Å². The largest absolute Gasteiger partial charge is 0.326 e. The Bertz CT molecular complexity index is 860. The van der Waals surface area contributed by atoms with Gasteiger partial charge in [-0.25, -0.2) is 9.07 Å². The monoisotopic (exact) mass is 284 g/mol. The zero-order valence-electron chi connectivity index (χ0n) is 11.2. The third-order valence-electron chi connectivity index (χ3n) is 3.21. The van der Waals surface area contributed by atoms with E-state index in [-0.39, 0.29) is 24.5 Å². The lowest BCUT2D eigenvalue weighted by Crippen LogP contribution is -2.24. The lowest BCUT2D eigenvalue weighted by molar-refractivity contribution is 0.589. The van der Waals surface area contributed by atoms with Crippen LogP contribution in [-0.2, 0) is 13.1 Å². The van der Waals surface area contributed by atoms with Gasteiger partial charge in [-0.05, 0) is 35.4 Å². The number of benzene rings is 2. The van der Waals surface area contributed by atoms with Crippen molar-refractivity contribution in [2.24, 2.45) is 5.73 Å². The summed E-state index contributed by atoms with van der Waals surface area (Å²) in [5.41, 5.74) is 7.11. The highest BCUT2D eigenvalue weighted by atomic mass is 19.1.